The van der Waals surface area contributed by atoms with Crippen molar-refractivity contribution in [2.75, 3.05) is 44.5 Å². The molecule has 0 amide bonds. The highest BCUT2D eigenvalue weighted by Gasteiger charge is 2.15. The number of rotatable bonds is 7. The molecule has 3 rings (SSSR count). The highest BCUT2D eigenvalue weighted by Crippen LogP contribution is 2.21. The number of nitrogens with zero attached hydrogens (tertiary/aromatic N) is 2. The highest BCUT2D eigenvalue weighted by atomic mass is 127. The average Bonchev–Trinajstić information content (AvgIpc) is 2.75. The Labute approximate surface area is 206 Å². The Hall–Kier alpha value is -1.92. The summed E-state index contributed by atoms with van der Waals surface area (Å²) >= 11 is 0. The number of sulfone groups is 1. The van der Waals surface area contributed by atoms with E-state index in [9.17, 15) is 12.8 Å². The molecule has 2 aromatic carbocycles. The molecule has 0 bridgehead atoms. The second-order valence-corrected chi connectivity index (χ2v) is 9.63. The number of para-hydroxylation sites is 1. The van der Waals surface area contributed by atoms with Crippen LogP contribution in [0, 0.1) is 5.82 Å². The molecule has 1 saturated heterocycles. The minimum Gasteiger partial charge on any atom is -0.378 e. The number of halogens is 2. The largest absolute Gasteiger partial charge is 0.378 e. The van der Waals surface area contributed by atoms with E-state index in [2.05, 4.69) is 32.7 Å². The zero-order valence-electron chi connectivity index (χ0n) is 18.3. The van der Waals surface area contributed by atoms with Crippen molar-refractivity contribution in [1.29, 1.82) is 0 Å². The fourth-order valence-electron chi connectivity index (χ4n) is 3.53. The molecule has 0 atom stereocenters. The summed E-state index contributed by atoms with van der Waals surface area (Å²) in [6, 6.07) is 12.3. The molecule has 0 saturated carbocycles. The normalized spacial score (nSPS) is 14.6. The molecule has 7 nitrogen and oxygen atoms in total. The Morgan fingerprint density at radius 2 is 1.72 bits per heavy atom. The number of nitrogens with one attached hydrogen (secondary N) is 2. The molecule has 176 valence electrons. The van der Waals surface area contributed by atoms with Crippen molar-refractivity contribution in [2.24, 2.45) is 4.99 Å². The minimum atomic E-state index is -3.23. The van der Waals surface area contributed by atoms with E-state index in [0.717, 1.165) is 24.3 Å². The lowest BCUT2D eigenvalue weighted by Crippen LogP contribution is -2.39. The van der Waals surface area contributed by atoms with E-state index in [-0.39, 0.29) is 36.3 Å². The Morgan fingerprint density at radius 3 is 2.38 bits per heavy atom. The topological polar surface area (TPSA) is 83.0 Å². The molecule has 0 aliphatic carbocycles. The number of hydrogen-bond donors (Lipinski definition) is 2. The van der Waals surface area contributed by atoms with Crippen molar-refractivity contribution >= 4 is 45.5 Å². The quantitative estimate of drug-likeness (QED) is 0.300. The molecule has 1 aliphatic rings. The van der Waals surface area contributed by atoms with Crippen LogP contribution in [0.2, 0.25) is 0 Å². The molecule has 2 aromatic rings. The van der Waals surface area contributed by atoms with Gasteiger partial charge in [0.1, 0.15) is 5.82 Å². The van der Waals surface area contributed by atoms with E-state index in [4.69, 9.17) is 4.74 Å². The van der Waals surface area contributed by atoms with Gasteiger partial charge in [0.25, 0.3) is 0 Å². The van der Waals surface area contributed by atoms with Crippen LogP contribution in [0.25, 0.3) is 0 Å². The van der Waals surface area contributed by atoms with Crippen molar-refractivity contribution < 1.29 is 17.5 Å². The molecule has 0 unspecified atom stereocenters. The lowest BCUT2D eigenvalue weighted by molar-refractivity contribution is 0.122. The number of ether oxygens (including phenoxy) is 1. The molecule has 0 spiro atoms. The molecule has 1 heterocycles. The van der Waals surface area contributed by atoms with E-state index in [1.807, 2.05) is 12.1 Å². The van der Waals surface area contributed by atoms with Gasteiger partial charge in [0, 0.05) is 45.2 Å². The first kappa shape index (κ1) is 26.3. The lowest BCUT2D eigenvalue weighted by Gasteiger charge is -2.30. The third-order valence-corrected chi connectivity index (χ3v) is 5.88. The number of benzene rings is 2. The second-order valence-electron chi connectivity index (χ2n) is 7.49. The molecule has 1 fully saturated rings. The van der Waals surface area contributed by atoms with Gasteiger partial charge < -0.3 is 20.3 Å². The van der Waals surface area contributed by atoms with Gasteiger partial charge >= 0.3 is 0 Å². The van der Waals surface area contributed by atoms with Crippen molar-refractivity contribution in [3.63, 3.8) is 0 Å². The maximum atomic E-state index is 13.7. The van der Waals surface area contributed by atoms with Crippen LogP contribution in [0.1, 0.15) is 16.7 Å². The second kappa shape index (κ2) is 12.4. The molecular weight excluding hydrogens is 546 g/mol. The summed E-state index contributed by atoms with van der Waals surface area (Å²) in [6.07, 6.45) is 1.17. The van der Waals surface area contributed by atoms with Crippen molar-refractivity contribution in [3.8, 4) is 0 Å². The minimum absolute atomic E-state index is 0. The number of aliphatic imine (C=N–C) groups is 1. The fraction of sp³-hybridized carbons (Fsp3) is 0.409. The van der Waals surface area contributed by atoms with Crippen molar-refractivity contribution in [3.05, 3.63) is 65.0 Å². The van der Waals surface area contributed by atoms with Gasteiger partial charge in [-0.1, -0.05) is 24.3 Å². The van der Waals surface area contributed by atoms with E-state index >= 15 is 0 Å². The van der Waals surface area contributed by atoms with Crippen LogP contribution in [0.5, 0.6) is 0 Å². The van der Waals surface area contributed by atoms with Gasteiger partial charge in [0.05, 0.1) is 19.0 Å². The maximum Gasteiger partial charge on any atom is 0.191 e. The van der Waals surface area contributed by atoms with E-state index < -0.39 is 15.7 Å². The summed E-state index contributed by atoms with van der Waals surface area (Å²) in [7, 11) is -1.57. The van der Waals surface area contributed by atoms with Gasteiger partial charge in [0.2, 0.25) is 0 Å². The van der Waals surface area contributed by atoms with Crippen molar-refractivity contribution in [2.45, 2.75) is 18.8 Å². The molecule has 32 heavy (non-hydrogen) atoms. The summed E-state index contributed by atoms with van der Waals surface area (Å²) in [4.78, 5) is 6.54. The third kappa shape index (κ3) is 7.89. The molecule has 10 heteroatoms. The van der Waals surface area contributed by atoms with E-state index in [1.165, 1.54) is 24.5 Å². The first-order chi connectivity index (χ1) is 14.9. The van der Waals surface area contributed by atoms with Crippen LogP contribution in [0.3, 0.4) is 0 Å². The van der Waals surface area contributed by atoms with E-state index in [1.54, 1.807) is 7.05 Å². The third-order valence-electron chi connectivity index (χ3n) is 5.05. The summed E-state index contributed by atoms with van der Waals surface area (Å²) in [5.41, 5.74) is 3.46. The first-order valence-electron chi connectivity index (χ1n) is 10.2. The molecule has 0 aromatic heterocycles. The van der Waals surface area contributed by atoms with Crippen LogP contribution in [0.4, 0.5) is 10.1 Å². The molecule has 2 N–H and O–H groups in total. The Kier molecular flexibility index (Phi) is 10.2. The summed E-state index contributed by atoms with van der Waals surface area (Å²) < 4.78 is 42.6. The SMILES string of the molecule is CN=C(NCc1cc(F)ccc1CS(C)(=O)=O)NCc1ccccc1N1CCOCC1.I. The van der Waals surface area contributed by atoms with Crippen LogP contribution in [0.15, 0.2) is 47.5 Å². The van der Waals surface area contributed by atoms with Gasteiger partial charge in [-0.05, 0) is 34.9 Å². The van der Waals surface area contributed by atoms with Gasteiger partial charge in [0.15, 0.2) is 15.8 Å². The van der Waals surface area contributed by atoms with Gasteiger partial charge in [-0.15, -0.1) is 24.0 Å². The Morgan fingerprint density at radius 1 is 1.06 bits per heavy atom. The average molecular weight is 576 g/mol. The summed E-state index contributed by atoms with van der Waals surface area (Å²) in [5.74, 6) is 0.00580. The van der Waals surface area contributed by atoms with Crippen LogP contribution < -0.4 is 15.5 Å². The zero-order chi connectivity index (χ0) is 22.3. The molecule has 0 radical (unpaired) electrons. The van der Waals surface area contributed by atoms with Crippen molar-refractivity contribution in [1.82, 2.24) is 10.6 Å². The smallest absolute Gasteiger partial charge is 0.191 e. The number of anilines is 1. The zero-order valence-corrected chi connectivity index (χ0v) is 21.5. The number of guanidine groups is 1. The fourth-order valence-corrected chi connectivity index (χ4v) is 4.38. The monoisotopic (exact) mass is 576 g/mol. The Bertz CT molecular complexity index is 1030. The van der Waals surface area contributed by atoms with Gasteiger partial charge in [-0.3, -0.25) is 4.99 Å². The lowest BCUT2D eigenvalue weighted by atomic mass is 10.1. The maximum absolute atomic E-state index is 13.7. The number of hydrogen-bond acceptors (Lipinski definition) is 5. The number of morpholine rings is 1. The van der Waals surface area contributed by atoms with E-state index in [0.29, 0.717) is 36.8 Å². The molecule has 1 aliphatic heterocycles. The Balaban J connectivity index is 0.00000363. The van der Waals surface area contributed by atoms with Crippen LogP contribution in [-0.2, 0) is 33.4 Å². The highest BCUT2D eigenvalue weighted by molar-refractivity contribution is 14.0. The van der Waals surface area contributed by atoms with Gasteiger partial charge in [-0.2, -0.15) is 0 Å². The van der Waals surface area contributed by atoms with Crippen LogP contribution >= 0.6 is 24.0 Å². The van der Waals surface area contributed by atoms with Gasteiger partial charge in [-0.25, -0.2) is 12.8 Å². The predicted molar refractivity (Wildman–Crippen MR) is 137 cm³/mol. The summed E-state index contributed by atoms with van der Waals surface area (Å²) in [5, 5.41) is 6.44. The molecular formula is C22H30FIN4O3S. The first-order valence-corrected chi connectivity index (χ1v) is 12.2. The standard InChI is InChI=1S/C22H29FN4O3S.HI/c1-24-22(26-15-19-13-20(23)8-7-18(19)16-31(2,28)29)25-14-17-5-3-4-6-21(17)27-9-11-30-12-10-27;/h3-8,13H,9-12,14-16H2,1-2H3,(H2,24,25,26);1H. The summed E-state index contributed by atoms with van der Waals surface area (Å²) in [6.45, 7) is 3.96. The van der Waals surface area contributed by atoms with Crippen LogP contribution in [-0.4, -0.2) is 54.0 Å². The predicted octanol–water partition coefficient (Wildman–Crippen LogP) is 2.69.